The Morgan fingerprint density at radius 3 is 1.46 bits per heavy atom. The lowest BCUT2D eigenvalue weighted by Gasteiger charge is -2.12. The minimum atomic E-state index is -0.667. The summed E-state index contributed by atoms with van der Waals surface area (Å²) in [4.78, 5) is 0. The van der Waals surface area contributed by atoms with Crippen molar-refractivity contribution in [3.05, 3.63) is 293 Å². The van der Waals surface area contributed by atoms with E-state index >= 15 is 0 Å². The van der Waals surface area contributed by atoms with Crippen molar-refractivity contribution in [1.29, 1.82) is 0 Å². The molecule has 0 bridgehead atoms. The predicted octanol–water partition coefficient (Wildman–Crippen LogP) is 21.0. The molecule has 12 aromatic carbocycles. The molecule has 0 saturated carbocycles. The highest BCUT2D eigenvalue weighted by molar-refractivity contribution is 9.10. The molecule has 10 heteroatoms. The topological polar surface area (TPSA) is 31.2 Å². The van der Waals surface area contributed by atoms with E-state index in [1.165, 1.54) is 65.8 Å². The molecule has 0 saturated heterocycles. The van der Waals surface area contributed by atoms with Gasteiger partial charge in [-0.05, 0) is 140 Å². The zero-order chi connectivity index (χ0) is 56.6. The highest BCUT2D eigenvalue weighted by Gasteiger charge is 2.22. The summed E-state index contributed by atoms with van der Waals surface area (Å²) in [7, 11) is 14.0. The van der Waals surface area contributed by atoms with E-state index in [-0.39, 0.29) is 13.2 Å². The van der Waals surface area contributed by atoms with Crippen LogP contribution in [0, 0.1) is 5.82 Å². The van der Waals surface area contributed by atoms with E-state index in [1.54, 1.807) is 0 Å². The van der Waals surface area contributed by atoms with Gasteiger partial charge in [-0.3, -0.25) is 0 Å². The molecule has 0 aliphatic heterocycles. The van der Waals surface area contributed by atoms with Crippen molar-refractivity contribution in [2.75, 3.05) is 0 Å². The minimum absolute atomic E-state index is 0. The number of rotatable bonds is 5. The van der Waals surface area contributed by atoms with Crippen molar-refractivity contribution in [3.63, 3.8) is 0 Å². The molecular formula is C74H50B4Br2FNO2. The third kappa shape index (κ3) is 10.9. The number of hydrogen-bond acceptors (Lipinski definition) is 2. The molecule has 3 aromatic heterocycles. The van der Waals surface area contributed by atoms with Crippen molar-refractivity contribution < 1.29 is 13.2 Å². The normalized spacial score (nSPS) is 11.3. The van der Waals surface area contributed by atoms with Gasteiger partial charge in [-0.15, -0.1) is 0 Å². The van der Waals surface area contributed by atoms with Gasteiger partial charge in [0, 0.05) is 70.9 Å². The molecule has 0 amide bonds. The quantitative estimate of drug-likeness (QED) is 0.161. The smallest absolute Gasteiger partial charge is 0.171 e. The van der Waals surface area contributed by atoms with Crippen LogP contribution >= 0.6 is 31.9 Å². The van der Waals surface area contributed by atoms with E-state index < -0.39 is 6.39 Å². The van der Waals surface area contributed by atoms with Crippen LogP contribution in [0.3, 0.4) is 0 Å². The lowest BCUT2D eigenvalue weighted by Crippen LogP contribution is -2.11. The van der Waals surface area contributed by atoms with Gasteiger partial charge in [0.15, 0.2) is 17.0 Å². The fraction of sp³-hybridized carbons (Fsp3) is 0.0270. The number of nitrogens with zero attached hydrogens (tertiary/aromatic N) is 1. The van der Waals surface area contributed by atoms with E-state index in [0.29, 0.717) is 11.2 Å². The second kappa shape index (κ2) is 24.2. The first-order valence-corrected chi connectivity index (χ1v) is 28.9. The van der Waals surface area contributed by atoms with Crippen LogP contribution in [-0.4, -0.2) is 34.2 Å². The number of para-hydroxylation sites is 3. The lowest BCUT2D eigenvalue weighted by molar-refractivity contribution is 0.584. The highest BCUT2D eigenvalue weighted by atomic mass is 79.9. The molecule has 3 nitrogen and oxygen atoms in total. The van der Waals surface area contributed by atoms with Crippen LogP contribution in [0.4, 0.5) is 4.39 Å². The molecule has 84 heavy (non-hydrogen) atoms. The first-order chi connectivity index (χ1) is 40.6. The first-order valence-electron chi connectivity index (χ1n) is 27.3. The summed E-state index contributed by atoms with van der Waals surface area (Å²) in [5.41, 5.74) is 20.9. The van der Waals surface area contributed by atoms with Gasteiger partial charge in [0.05, 0.1) is 16.7 Å². The van der Waals surface area contributed by atoms with Gasteiger partial charge in [-0.2, -0.15) is 0 Å². The van der Waals surface area contributed by atoms with Gasteiger partial charge >= 0.3 is 0 Å². The standard InChI is InChI=1S/C36H22BrNO.C24H15FO.C13H9Br.CH4.B4/c37-26-17-18-29-28-13-4-6-15-31(28)38(33(29)22-26)32-20-19-27(35-30-14-5-7-16-34(30)39-36(32)35)25-12-8-11-24(21-25)23-9-2-1-3-10-23;25-21-14-13-19(23-20-11-4-5-12-22(20)26-24(21)23)18-10-6-9-17(15-18)16-7-2-1-3-8-16;14-11-5-6-13-10(8-11)7-9-3-1-2-4-12(9)13;;1-4(2)3/h1-22H;1-15H;1-6,8H,7H2;1H4;. The number of hydrogen-bond donors (Lipinski definition) is 0. The molecule has 1 aliphatic carbocycles. The van der Waals surface area contributed by atoms with Crippen LogP contribution in [0.25, 0.3) is 127 Å². The summed E-state index contributed by atoms with van der Waals surface area (Å²) >= 11 is 7.22. The molecule has 3 heterocycles. The minimum Gasteiger partial charge on any atom is -0.454 e. The Morgan fingerprint density at radius 1 is 0.369 bits per heavy atom. The molecule has 0 unspecified atom stereocenters. The average molecular weight is 1210 g/mol. The maximum atomic E-state index is 14.4. The van der Waals surface area contributed by atoms with Crippen LogP contribution in [-0.2, 0) is 6.42 Å². The third-order valence-corrected chi connectivity index (χ3v) is 16.2. The van der Waals surface area contributed by atoms with E-state index in [0.717, 1.165) is 82.6 Å². The van der Waals surface area contributed by atoms with Crippen LogP contribution in [0.15, 0.2) is 285 Å². The predicted molar refractivity (Wildman–Crippen MR) is 363 cm³/mol. The van der Waals surface area contributed by atoms with Crippen LogP contribution < -0.4 is 0 Å². The Hall–Kier alpha value is -8.81. The Bertz CT molecular complexity index is 4880. The number of benzene rings is 12. The van der Waals surface area contributed by atoms with Crippen molar-refractivity contribution in [3.8, 4) is 61.3 Å². The summed E-state index contributed by atoms with van der Waals surface area (Å²) in [6.07, 6.45) is 0.408. The van der Waals surface area contributed by atoms with Crippen molar-refractivity contribution in [1.82, 2.24) is 4.57 Å². The Morgan fingerprint density at radius 2 is 0.821 bits per heavy atom. The van der Waals surface area contributed by atoms with Crippen LogP contribution in [0.5, 0.6) is 0 Å². The van der Waals surface area contributed by atoms with E-state index in [2.05, 4.69) is 260 Å². The maximum absolute atomic E-state index is 14.4. The second-order valence-electron chi connectivity index (χ2n) is 20.5. The third-order valence-electron chi connectivity index (χ3n) is 15.2. The monoisotopic (exact) mass is 1210 g/mol. The van der Waals surface area contributed by atoms with E-state index in [1.807, 2.05) is 60.7 Å². The van der Waals surface area contributed by atoms with Gasteiger partial charge in [0.2, 0.25) is 0 Å². The molecule has 0 fully saturated rings. The second-order valence-corrected chi connectivity index (χ2v) is 22.3. The first kappa shape index (κ1) is 55.7. The molecule has 0 spiro atoms. The molecule has 0 N–H and O–H groups in total. The van der Waals surface area contributed by atoms with Gasteiger partial charge in [-0.1, -0.05) is 239 Å². The van der Waals surface area contributed by atoms with Gasteiger partial charge in [-0.25, -0.2) is 4.39 Å². The number of fused-ring (bicyclic) bond motifs is 12. The summed E-state index contributed by atoms with van der Waals surface area (Å²) in [5.74, 6) is -0.334. The number of furan rings is 2. The Labute approximate surface area is 509 Å². The molecule has 6 radical (unpaired) electrons. The van der Waals surface area contributed by atoms with Crippen LogP contribution in [0.1, 0.15) is 18.6 Å². The fourth-order valence-electron chi connectivity index (χ4n) is 11.6. The fourth-order valence-corrected chi connectivity index (χ4v) is 12.3. The van der Waals surface area contributed by atoms with Crippen molar-refractivity contribution >= 4 is 127 Å². The van der Waals surface area contributed by atoms with Crippen LogP contribution in [0.2, 0.25) is 0 Å². The summed E-state index contributed by atoms with van der Waals surface area (Å²) in [6, 6.07) is 92.0. The zero-order valence-electron chi connectivity index (χ0n) is 44.8. The molecule has 16 rings (SSSR count). The Kier molecular flexibility index (Phi) is 16.0. The SMILES string of the molecule is Brc1ccc2c(c1)Cc1ccccc1-2.Brc1ccc2c3ccccc3n(-c3ccc(-c4cccc(-c5ccccc5)c4)c4c3oc3ccccc34)c2c1.C.Fc1ccc(-c2cccc(-c3ccccc3)c2)c2c1oc1ccccc12.[B]B([B])[B]. The summed E-state index contributed by atoms with van der Waals surface area (Å²) in [6.45, 7) is 0. The maximum Gasteiger partial charge on any atom is 0.171 e. The van der Waals surface area contributed by atoms with E-state index in [9.17, 15) is 4.39 Å². The van der Waals surface area contributed by atoms with Gasteiger partial charge < -0.3 is 13.4 Å². The molecule has 396 valence electrons. The van der Waals surface area contributed by atoms with Gasteiger partial charge in [0.25, 0.3) is 0 Å². The number of aromatic nitrogens is 1. The molecule has 15 aromatic rings. The summed E-state index contributed by atoms with van der Waals surface area (Å²) < 4.78 is 31.4. The van der Waals surface area contributed by atoms with Crippen molar-refractivity contribution in [2.24, 2.45) is 0 Å². The molecule has 0 atom stereocenters. The Balaban J connectivity index is 0.000000132. The zero-order valence-corrected chi connectivity index (χ0v) is 48.0. The van der Waals surface area contributed by atoms with E-state index in [4.69, 9.17) is 8.83 Å². The largest absolute Gasteiger partial charge is 0.454 e. The summed E-state index contributed by atoms with van der Waals surface area (Å²) in [5, 5.41) is 6.46. The highest BCUT2D eigenvalue weighted by Crippen LogP contribution is 2.44. The molecule has 1 aliphatic rings. The number of halogens is 3. The lowest BCUT2D eigenvalue weighted by atomic mass is 9.08. The van der Waals surface area contributed by atoms with Gasteiger partial charge in [0.1, 0.15) is 11.2 Å². The molecular weight excluding hydrogens is 1160 g/mol. The average Bonchev–Trinajstić information content (AvgIpc) is 1.89. The van der Waals surface area contributed by atoms with Crippen molar-refractivity contribution in [2.45, 2.75) is 13.8 Å².